The fourth-order valence-corrected chi connectivity index (χ4v) is 3.24. The molecule has 8 heteroatoms. The number of aromatic nitrogens is 3. The Morgan fingerprint density at radius 2 is 2.00 bits per heavy atom. The molecule has 0 aromatic carbocycles. The number of hydrogen-bond acceptors (Lipinski definition) is 5. The Labute approximate surface area is 169 Å². The third-order valence-corrected chi connectivity index (χ3v) is 4.46. The van der Waals surface area contributed by atoms with Crippen molar-refractivity contribution in [1.29, 1.82) is 0 Å². The van der Waals surface area contributed by atoms with Crippen molar-refractivity contribution in [1.82, 2.24) is 19.7 Å². The van der Waals surface area contributed by atoms with Crippen molar-refractivity contribution in [2.24, 2.45) is 0 Å². The average molecular weight is 403 g/mol. The van der Waals surface area contributed by atoms with Crippen LogP contribution in [0.2, 0.25) is 0 Å². The molecule has 0 spiro atoms. The third kappa shape index (κ3) is 4.82. The summed E-state index contributed by atoms with van der Waals surface area (Å²) in [5.74, 6) is -0.748. The number of ether oxygens (including phenoxy) is 1. The second-order valence-electron chi connectivity index (χ2n) is 7.24. The summed E-state index contributed by atoms with van der Waals surface area (Å²) in [6.07, 6.45) is 5.07. The Bertz CT molecular complexity index is 967. The predicted molar refractivity (Wildman–Crippen MR) is 110 cm³/mol. The van der Waals surface area contributed by atoms with Crippen molar-refractivity contribution in [2.45, 2.75) is 45.8 Å². The predicted octanol–water partition coefficient (Wildman–Crippen LogP) is 4.26. The second-order valence-corrected chi connectivity index (χ2v) is 7.24. The minimum absolute atomic E-state index is 0.0109. The number of halogens is 2. The van der Waals surface area contributed by atoms with Crippen LogP contribution in [0.4, 0.5) is 14.6 Å². The molecule has 6 nitrogen and oxygen atoms in total. The highest BCUT2D eigenvalue weighted by molar-refractivity contribution is 5.63. The summed E-state index contributed by atoms with van der Waals surface area (Å²) in [6.45, 7) is 6.58. The molecule has 1 atom stereocenters. The standard InChI is InChI=1S/C21H27F2N5O/c1-5-6-14(11-24-4)26-21-17(23)10-16(22)20(27-21)18-12-25-19-9-15(29-13(2)3)7-8-28(18)19/h7-10,12-14,24H,5-6,11H2,1-4H3,(H,26,27). The summed E-state index contributed by atoms with van der Waals surface area (Å²) in [5.41, 5.74) is 1.08. The summed E-state index contributed by atoms with van der Waals surface area (Å²) in [4.78, 5) is 8.59. The third-order valence-electron chi connectivity index (χ3n) is 4.46. The molecule has 0 radical (unpaired) electrons. The molecular formula is C21H27F2N5O. The number of pyridine rings is 2. The molecule has 156 valence electrons. The number of imidazole rings is 1. The van der Waals surface area contributed by atoms with Crippen molar-refractivity contribution in [3.05, 3.63) is 42.2 Å². The molecule has 1 unspecified atom stereocenters. The zero-order valence-corrected chi connectivity index (χ0v) is 17.2. The molecule has 3 heterocycles. The maximum Gasteiger partial charge on any atom is 0.168 e. The van der Waals surface area contributed by atoms with Crippen LogP contribution in [0, 0.1) is 11.6 Å². The van der Waals surface area contributed by atoms with Gasteiger partial charge in [-0.3, -0.25) is 4.40 Å². The van der Waals surface area contributed by atoms with Crippen molar-refractivity contribution >= 4 is 11.5 Å². The minimum atomic E-state index is -0.738. The van der Waals surface area contributed by atoms with E-state index in [2.05, 4.69) is 27.5 Å². The van der Waals surface area contributed by atoms with Crippen LogP contribution >= 0.6 is 0 Å². The van der Waals surface area contributed by atoms with E-state index in [-0.39, 0.29) is 23.7 Å². The van der Waals surface area contributed by atoms with E-state index in [4.69, 9.17) is 4.74 Å². The molecule has 0 aliphatic rings. The quantitative estimate of drug-likeness (QED) is 0.559. The van der Waals surface area contributed by atoms with Gasteiger partial charge in [0.2, 0.25) is 0 Å². The Kier molecular flexibility index (Phi) is 6.64. The number of nitrogens with one attached hydrogen (secondary N) is 2. The largest absolute Gasteiger partial charge is 0.491 e. The summed E-state index contributed by atoms with van der Waals surface area (Å²) >= 11 is 0. The first kappa shape index (κ1) is 21.0. The monoisotopic (exact) mass is 403 g/mol. The Balaban J connectivity index is 1.98. The van der Waals surface area contributed by atoms with Crippen LogP contribution in [-0.4, -0.2) is 40.1 Å². The number of nitrogens with zero attached hydrogens (tertiary/aromatic N) is 3. The lowest BCUT2D eigenvalue weighted by atomic mass is 10.1. The first-order valence-corrected chi connectivity index (χ1v) is 9.84. The van der Waals surface area contributed by atoms with E-state index in [0.29, 0.717) is 23.6 Å². The van der Waals surface area contributed by atoms with Gasteiger partial charge >= 0.3 is 0 Å². The van der Waals surface area contributed by atoms with Crippen LogP contribution in [0.3, 0.4) is 0 Å². The van der Waals surface area contributed by atoms with E-state index in [0.717, 1.165) is 18.9 Å². The number of hydrogen-bond donors (Lipinski definition) is 2. The van der Waals surface area contributed by atoms with Gasteiger partial charge in [0.25, 0.3) is 0 Å². The molecule has 3 rings (SSSR count). The van der Waals surface area contributed by atoms with Gasteiger partial charge in [-0.05, 0) is 33.4 Å². The zero-order chi connectivity index (χ0) is 21.0. The maximum absolute atomic E-state index is 14.6. The number of likely N-dealkylation sites (N-methyl/N-ethyl adjacent to an activating group) is 1. The summed E-state index contributed by atoms with van der Waals surface area (Å²) in [5, 5.41) is 6.17. The molecule has 3 aromatic heterocycles. The van der Waals surface area contributed by atoms with Crippen molar-refractivity contribution < 1.29 is 13.5 Å². The molecule has 0 bridgehead atoms. The van der Waals surface area contributed by atoms with Crippen LogP contribution in [0.15, 0.2) is 30.6 Å². The molecule has 0 amide bonds. The van der Waals surface area contributed by atoms with Gasteiger partial charge in [-0.1, -0.05) is 13.3 Å². The number of anilines is 1. The Morgan fingerprint density at radius 3 is 2.69 bits per heavy atom. The van der Waals surface area contributed by atoms with Crippen LogP contribution < -0.4 is 15.4 Å². The Hall–Kier alpha value is -2.74. The molecule has 0 fully saturated rings. The number of rotatable bonds is 9. The van der Waals surface area contributed by atoms with Crippen LogP contribution in [-0.2, 0) is 0 Å². The average Bonchev–Trinajstić information content (AvgIpc) is 3.07. The minimum Gasteiger partial charge on any atom is -0.491 e. The van der Waals surface area contributed by atoms with Gasteiger partial charge in [-0.25, -0.2) is 18.7 Å². The molecule has 0 aliphatic heterocycles. The van der Waals surface area contributed by atoms with E-state index in [1.165, 1.54) is 6.20 Å². The van der Waals surface area contributed by atoms with Gasteiger partial charge < -0.3 is 15.4 Å². The van der Waals surface area contributed by atoms with E-state index >= 15 is 0 Å². The zero-order valence-electron chi connectivity index (χ0n) is 17.2. The second kappa shape index (κ2) is 9.17. The lowest BCUT2D eigenvalue weighted by molar-refractivity contribution is 0.242. The SMILES string of the molecule is CCCC(CNC)Nc1nc(-c2cnc3cc(OC(C)C)ccn23)c(F)cc1F. The summed E-state index contributed by atoms with van der Waals surface area (Å²) in [7, 11) is 1.83. The van der Waals surface area contributed by atoms with Gasteiger partial charge in [0.05, 0.1) is 18.0 Å². The number of fused-ring (bicyclic) bond motifs is 1. The summed E-state index contributed by atoms with van der Waals surface area (Å²) in [6, 6.07) is 4.41. The topological polar surface area (TPSA) is 63.5 Å². The summed E-state index contributed by atoms with van der Waals surface area (Å²) < 4.78 is 36.4. The molecular weight excluding hydrogens is 376 g/mol. The first-order valence-electron chi connectivity index (χ1n) is 9.84. The van der Waals surface area contributed by atoms with E-state index < -0.39 is 11.6 Å². The van der Waals surface area contributed by atoms with Gasteiger partial charge in [-0.15, -0.1) is 0 Å². The fourth-order valence-electron chi connectivity index (χ4n) is 3.24. The van der Waals surface area contributed by atoms with Crippen molar-refractivity contribution in [2.75, 3.05) is 18.9 Å². The van der Waals surface area contributed by atoms with E-state index in [1.807, 2.05) is 20.9 Å². The smallest absolute Gasteiger partial charge is 0.168 e. The van der Waals surface area contributed by atoms with Crippen LogP contribution in [0.1, 0.15) is 33.6 Å². The van der Waals surface area contributed by atoms with E-state index in [1.54, 1.807) is 22.7 Å². The lowest BCUT2D eigenvalue weighted by Crippen LogP contribution is -2.31. The van der Waals surface area contributed by atoms with Crippen molar-refractivity contribution in [3.63, 3.8) is 0 Å². The highest BCUT2D eigenvalue weighted by Crippen LogP contribution is 2.27. The highest BCUT2D eigenvalue weighted by Gasteiger charge is 2.19. The van der Waals surface area contributed by atoms with Crippen molar-refractivity contribution in [3.8, 4) is 17.1 Å². The lowest BCUT2D eigenvalue weighted by Gasteiger charge is -2.19. The van der Waals surface area contributed by atoms with Gasteiger partial charge in [-0.2, -0.15) is 0 Å². The van der Waals surface area contributed by atoms with Gasteiger partial charge in [0, 0.05) is 30.9 Å². The molecule has 29 heavy (non-hydrogen) atoms. The first-order chi connectivity index (χ1) is 13.9. The molecule has 0 saturated carbocycles. The van der Waals surface area contributed by atoms with Crippen LogP contribution in [0.5, 0.6) is 5.75 Å². The Morgan fingerprint density at radius 1 is 1.21 bits per heavy atom. The van der Waals surface area contributed by atoms with E-state index in [9.17, 15) is 8.78 Å². The van der Waals surface area contributed by atoms with Crippen LogP contribution in [0.25, 0.3) is 17.0 Å². The van der Waals surface area contributed by atoms with Gasteiger partial charge in [0.15, 0.2) is 17.5 Å². The fraction of sp³-hybridized carbons (Fsp3) is 0.429. The highest BCUT2D eigenvalue weighted by atomic mass is 19.1. The normalized spacial score (nSPS) is 12.5. The molecule has 3 aromatic rings. The van der Waals surface area contributed by atoms with Gasteiger partial charge in [0.1, 0.15) is 17.1 Å². The molecule has 0 aliphatic carbocycles. The molecule has 2 N–H and O–H groups in total. The maximum atomic E-state index is 14.6. The molecule has 0 saturated heterocycles.